The van der Waals surface area contributed by atoms with Crippen molar-refractivity contribution in [2.45, 2.75) is 38.5 Å². The number of carbonyl (C=O) groups is 2. The molecule has 0 aromatic heterocycles. The minimum atomic E-state index is -1.67. The zero-order valence-corrected chi connectivity index (χ0v) is 13.1. The molecule has 0 spiro atoms. The first-order valence-corrected chi connectivity index (χ1v) is 7.85. The highest BCUT2D eigenvalue weighted by Crippen LogP contribution is 2.20. The van der Waals surface area contributed by atoms with Gasteiger partial charge in [0.25, 0.3) is 0 Å². The molecule has 0 heterocycles. The molecule has 2 amide bonds. The van der Waals surface area contributed by atoms with Crippen molar-refractivity contribution in [1.82, 2.24) is 5.32 Å². The molecule has 0 bridgehead atoms. The van der Waals surface area contributed by atoms with Crippen LogP contribution in [0.5, 0.6) is 0 Å². The first-order valence-electron chi connectivity index (χ1n) is 7.85. The van der Waals surface area contributed by atoms with Crippen LogP contribution in [-0.2, 0) is 9.59 Å². The lowest BCUT2D eigenvalue weighted by atomic mass is 9.97. The number of nitrogens with one attached hydrogen (secondary N) is 2. The van der Waals surface area contributed by atoms with Gasteiger partial charge < -0.3 is 10.6 Å². The van der Waals surface area contributed by atoms with Crippen LogP contribution in [0.4, 0.5) is 18.9 Å². The molecule has 24 heavy (non-hydrogen) atoms. The SMILES string of the molecule is O=C(CC(=O)Nc1ccc(F)c(F)c1F)NCCC1=CCCCC1. The Morgan fingerprint density at radius 3 is 2.54 bits per heavy atom. The lowest BCUT2D eigenvalue weighted by Crippen LogP contribution is -2.29. The van der Waals surface area contributed by atoms with Crippen LogP contribution in [0.3, 0.4) is 0 Å². The standard InChI is InChI=1S/C17H19F3N2O2/c18-12-6-7-13(17(20)16(12)19)22-15(24)10-14(23)21-9-8-11-4-2-1-3-5-11/h4,6-7H,1-3,5,8-10H2,(H,21,23)(H,22,24). The van der Waals surface area contributed by atoms with Gasteiger partial charge in [-0.2, -0.15) is 0 Å². The Morgan fingerprint density at radius 2 is 1.83 bits per heavy atom. The second kappa shape index (κ2) is 8.52. The van der Waals surface area contributed by atoms with Crippen molar-refractivity contribution in [2.75, 3.05) is 11.9 Å². The summed E-state index contributed by atoms with van der Waals surface area (Å²) in [4.78, 5) is 23.3. The van der Waals surface area contributed by atoms with Crippen LogP contribution in [0.15, 0.2) is 23.8 Å². The van der Waals surface area contributed by atoms with Crippen LogP contribution in [0.25, 0.3) is 0 Å². The number of anilines is 1. The minimum absolute atomic E-state index is 0.428. The second-order valence-corrected chi connectivity index (χ2v) is 5.66. The maximum Gasteiger partial charge on any atom is 0.233 e. The van der Waals surface area contributed by atoms with Crippen LogP contribution in [0.1, 0.15) is 38.5 Å². The van der Waals surface area contributed by atoms with E-state index in [1.807, 2.05) is 0 Å². The number of allylic oxidation sites excluding steroid dienone is 1. The maximum absolute atomic E-state index is 13.4. The Labute approximate surface area is 138 Å². The summed E-state index contributed by atoms with van der Waals surface area (Å²) in [5.41, 5.74) is 0.800. The Morgan fingerprint density at radius 1 is 1.04 bits per heavy atom. The van der Waals surface area contributed by atoms with E-state index in [2.05, 4.69) is 16.7 Å². The van der Waals surface area contributed by atoms with Crippen molar-refractivity contribution in [3.8, 4) is 0 Å². The average Bonchev–Trinajstić information content (AvgIpc) is 2.56. The Bertz CT molecular complexity index is 659. The van der Waals surface area contributed by atoms with Crippen molar-refractivity contribution in [3.63, 3.8) is 0 Å². The fraction of sp³-hybridized carbons (Fsp3) is 0.412. The molecular weight excluding hydrogens is 321 g/mol. The molecule has 4 nitrogen and oxygen atoms in total. The second-order valence-electron chi connectivity index (χ2n) is 5.66. The zero-order chi connectivity index (χ0) is 17.5. The summed E-state index contributed by atoms with van der Waals surface area (Å²) in [7, 11) is 0. The zero-order valence-electron chi connectivity index (χ0n) is 13.1. The third-order valence-corrected chi connectivity index (χ3v) is 3.78. The minimum Gasteiger partial charge on any atom is -0.355 e. The van der Waals surface area contributed by atoms with E-state index >= 15 is 0 Å². The van der Waals surface area contributed by atoms with E-state index in [0.717, 1.165) is 31.7 Å². The summed E-state index contributed by atoms with van der Waals surface area (Å²) in [6.07, 6.45) is 6.84. The van der Waals surface area contributed by atoms with E-state index in [0.29, 0.717) is 12.6 Å². The summed E-state index contributed by atoms with van der Waals surface area (Å²) >= 11 is 0. The molecule has 2 rings (SSSR count). The van der Waals surface area contributed by atoms with Gasteiger partial charge in [0, 0.05) is 6.54 Å². The van der Waals surface area contributed by atoms with Gasteiger partial charge in [-0.1, -0.05) is 11.6 Å². The molecule has 1 aliphatic rings. The Kier molecular flexibility index (Phi) is 6.40. The first-order chi connectivity index (χ1) is 11.5. The van der Waals surface area contributed by atoms with Crippen molar-refractivity contribution in [2.24, 2.45) is 0 Å². The van der Waals surface area contributed by atoms with E-state index in [1.165, 1.54) is 12.0 Å². The van der Waals surface area contributed by atoms with Gasteiger partial charge in [0.2, 0.25) is 11.8 Å². The molecule has 0 radical (unpaired) electrons. The Hall–Kier alpha value is -2.31. The molecule has 1 aromatic rings. The predicted molar refractivity (Wildman–Crippen MR) is 83.7 cm³/mol. The largest absolute Gasteiger partial charge is 0.355 e. The molecule has 0 fully saturated rings. The molecule has 0 atom stereocenters. The van der Waals surface area contributed by atoms with Crippen LogP contribution in [-0.4, -0.2) is 18.4 Å². The number of hydrogen-bond acceptors (Lipinski definition) is 2. The molecule has 130 valence electrons. The molecule has 2 N–H and O–H groups in total. The van der Waals surface area contributed by atoms with Gasteiger partial charge in [0.15, 0.2) is 17.5 Å². The molecule has 0 saturated heterocycles. The summed E-state index contributed by atoms with van der Waals surface area (Å²) in [5, 5.41) is 4.67. The summed E-state index contributed by atoms with van der Waals surface area (Å²) in [6, 6.07) is 1.60. The third-order valence-electron chi connectivity index (χ3n) is 3.78. The lowest BCUT2D eigenvalue weighted by molar-refractivity contribution is -0.126. The van der Waals surface area contributed by atoms with E-state index in [-0.39, 0.29) is 0 Å². The van der Waals surface area contributed by atoms with Gasteiger partial charge in [-0.3, -0.25) is 9.59 Å². The topological polar surface area (TPSA) is 58.2 Å². The molecule has 1 aromatic carbocycles. The Balaban J connectivity index is 1.76. The highest BCUT2D eigenvalue weighted by atomic mass is 19.2. The van der Waals surface area contributed by atoms with E-state index < -0.39 is 41.4 Å². The highest BCUT2D eigenvalue weighted by molar-refractivity contribution is 6.03. The van der Waals surface area contributed by atoms with Gasteiger partial charge in [-0.25, -0.2) is 13.2 Å². The summed E-state index contributed by atoms with van der Waals surface area (Å²) in [5.74, 6) is -5.81. The quantitative estimate of drug-likeness (QED) is 0.473. The number of halogens is 3. The number of rotatable bonds is 6. The normalized spacial score (nSPS) is 14.0. The predicted octanol–water partition coefficient (Wildman–Crippen LogP) is 3.44. The van der Waals surface area contributed by atoms with Gasteiger partial charge in [-0.05, 0) is 44.2 Å². The molecule has 0 unspecified atom stereocenters. The lowest BCUT2D eigenvalue weighted by Gasteiger charge is -2.13. The molecule has 1 aliphatic carbocycles. The van der Waals surface area contributed by atoms with Crippen LogP contribution in [0.2, 0.25) is 0 Å². The fourth-order valence-electron chi connectivity index (χ4n) is 2.52. The number of hydrogen-bond donors (Lipinski definition) is 2. The summed E-state index contributed by atoms with van der Waals surface area (Å²) in [6.45, 7) is 0.428. The van der Waals surface area contributed by atoms with E-state index in [4.69, 9.17) is 0 Å². The van der Waals surface area contributed by atoms with E-state index in [9.17, 15) is 22.8 Å². The highest BCUT2D eigenvalue weighted by Gasteiger charge is 2.16. The number of amides is 2. The maximum atomic E-state index is 13.4. The first kappa shape index (κ1) is 18.0. The monoisotopic (exact) mass is 340 g/mol. The fourth-order valence-corrected chi connectivity index (χ4v) is 2.52. The summed E-state index contributed by atoms with van der Waals surface area (Å²) < 4.78 is 39.3. The van der Waals surface area contributed by atoms with Crippen LogP contribution in [0, 0.1) is 17.5 Å². The van der Waals surface area contributed by atoms with Crippen LogP contribution >= 0.6 is 0 Å². The number of benzene rings is 1. The third kappa shape index (κ3) is 5.11. The van der Waals surface area contributed by atoms with Gasteiger partial charge in [0.1, 0.15) is 6.42 Å². The number of carbonyl (C=O) groups excluding carboxylic acids is 2. The van der Waals surface area contributed by atoms with Gasteiger partial charge in [0.05, 0.1) is 5.69 Å². The van der Waals surface area contributed by atoms with Crippen molar-refractivity contribution < 1.29 is 22.8 Å². The molecule has 0 aliphatic heterocycles. The van der Waals surface area contributed by atoms with Crippen molar-refractivity contribution in [3.05, 3.63) is 41.2 Å². The van der Waals surface area contributed by atoms with Crippen molar-refractivity contribution >= 4 is 17.5 Å². The van der Waals surface area contributed by atoms with Gasteiger partial charge >= 0.3 is 0 Å². The smallest absolute Gasteiger partial charge is 0.233 e. The molecule has 7 heteroatoms. The van der Waals surface area contributed by atoms with Crippen LogP contribution < -0.4 is 10.6 Å². The average molecular weight is 340 g/mol. The van der Waals surface area contributed by atoms with Crippen molar-refractivity contribution in [1.29, 1.82) is 0 Å². The van der Waals surface area contributed by atoms with E-state index in [1.54, 1.807) is 0 Å². The van der Waals surface area contributed by atoms with Gasteiger partial charge in [-0.15, -0.1) is 0 Å². The molecular formula is C17H19F3N2O2. The molecule has 0 saturated carbocycles.